The summed E-state index contributed by atoms with van der Waals surface area (Å²) in [4.78, 5) is 26.2. The first-order chi connectivity index (χ1) is 17.8. The summed E-state index contributed by atoms with van der Waals surface area (Å²) in [5.74, 6) is -1.20. The molecule has 2 aromatic carbocycles. The Kier molecular flexibility index (Phi) is 7.32. The van der Waals surface area contributed by atoms with Crippen LogP contribution in [0, 0.1) is 11.3 Å². The Morgan fingerprint density at radius 3 is 1.92 bits per heavy atom. The lowest BCUT2D eigenvalue weighted by molar-refractivity contribution is -0.143. The van der Waals surface area contributed by atoms with Crippen LogP contribution in [0.5, 0.6) is 0 Å². The standard InChI is InChI=1S/C29H33F3N4O2/c1-27(2,32)16-22(34)25(37)36(28(17-33)14-15-28)23(24(30)31)20-6-4-18(5-7-20)19-8-10-21(11-9-19)29(26(35)38)12-3-13-29/h4-11,22-24H,3,12-16,34H2,1-2H3,(H2,35,38)/t22-,23-/m0/s1. The number of hydrogen-bond acceptors (Lipinski definition) is 4. The fourth-order valence-corrected chi connectivity index (χ4v) is 5.40. The molecule has 0 bridgehead atoms. The zero-order valence-corrected chi connectivity index (χ0v) is 21.6. The molecule has 0 spiro atoms. The van der Waals surface area contributed by atoms with E-state index in [4.69, 9.17) is 11.5 Å². The van der Waals surface area contributed by atoms with Crippen LogP contribution in [0.25, 0.3) is 11.1 Å². The minimum absolute atomic E-state index is 0.157. The van der Waals surface area contributed by atoms with Gasteiger partial charge in [-0.15, -0.1) is 0 Å². The maximum Gasteiger partial charge on any atom is 0.262 e. The number of alkyl halides is 3. The van der Waals surface area contributed by atoms with Gasteiger partial charge in [-0.25, -0.2) is 13.2 Å². The summed E-state index contributed by atoms with van der Waals surface area (Å²) in [5, 5.41) is 9.76. The van der Waals surface area contributed by atoms with Gasteiger partial charge in [0.2, 0.25) is 11.8 Å². The lowest BCUT2D eigenvalue weighted by Crippen LogP contribution is -2.53. The fourth-order valence-electron chi connectivity index (χ4n) is 5.40. The molecule has 0 saturated heterocycles. The van der Waals surface area contributed by atoms with Crippen molar-refractivity contribution >= 4 is 11.8 Å². The molecule has 202 valence electrons. The summed E-state index contributed by atoms with van der Waals surface area (Å²) in [6.07, 6.45) is -0.461. The molecule has 38 heavy (non-hydrogen) atoms. The van der Waals surface area contributed by atoms with E-state index < -0.39 is 41.0 Å². The molecule has 0 aromatic heterocycles. The number of primary amides is 1. The fraction of sp³-hybridized carbons (Fsp3) is 0.483. The van der Waals surface area contributed by atoms with Crippen LogP contribution in [0.4, 0.5) is 13.2 Å². The Hall–Kier alpha value is -3.38. The Morgan fingerprint density at radius 2 is 1.55 bits per heavy atom. The van der Waals surface area contributed by atoms with E-state index in [2.05, 4.69) is 0 Å². The second kappa shape index (κ2) is 10.1. The van der Waals surface area contributed by atoms with E-state index in [1.165, 1.54) is 26.0 Å². The van der Waals surface area contributed by atoms with Crippen molar-refractivity contribution in [3.63, 3.8) is 0 Å². The summed E-state index contributed by atoms with van der Waals surface area (Å²) in [7, 11) is 0. The summed E-state index contributed by atoms with van der Waals surface area (Å²) >= 11 is 0. The van der Waals surface area contributed by atoms with E-state index in [1.54, 1.807) is 12.1 Å². The first-order valence-corrected chi connectivity index (χ1v) is 12.8. The van der Waals surface area contributed by atoms with Gasteiger partial charge in [0.1, 0.15) is 17.2 Å². The molecule has 2 aliphatic carbocycles. The molecule has 2 atom stereocenters. The number of amides is 2. The minimum atomic E-state index is -2.99. The number of benzene rings is 2. The second-order valence-electron chi connectivity index (χ2n) is 11.2. The van der Waals surface area contributed by atoms with E-state index in [1.807, 2.05) is 30.3 Å². The zero-order chi connectivity index (χ0) is 27.9. The van der Waals surface area contributed by atoms with Crippen molar-refractivity contribution in [1.82, 2.24) is 4.90 Å². The average molecular weight is 527 g/mol. The Morgan fingerprint density at radius 1 is 1.03 bits per heavy atom. The van der Waals surface area contributed by atoms with Crippen LogP contribution >= 0.6 is 0 Å². The Balaban J connectivity index is 1.62. The van der Waals surface area contributed by atoms with E-state index >= 15 is 0 Å². The van der Waals surface area contributed by atoms with Gasteiger partial charge in [0.25, 0.3) is 6.43 Å². The van der Waals surface area contributed by atoms with Crippen molar-refractivity contribution < 1.29 is 22.8 Å². The summed E-state index contributed by atoms with van der Waals surface area (Å²) in [6, 6.07) is 12.8. The van der Waals surface area contributed by atoms with Crippen molar-refractivity contribution in [2.24, 2.45) is 11.5 Å². The van der Waals surface area contributed by atoms with Gasteiger partial charge in [0.05, 0.1) is 17.5 Å². The highest BCUT2D eigenvalue weighted by molar-refractivity contribution is 5.88. The normalized spacial score (nSPS) is 19.1. The molecule has 0 heterocycles. The van der Waals surface area contributed by atoms with Crippen LogP contribution in [0.1, 0.15) is 69.5 Å². The number of nitrogens with two attached hydrogens (primary N) is 2. The van der Waals surface area contributed by atoms with Gasteiger partial charge in [0, 0.05) is 6.42 Å². The SMILES string of the molecule is CC(C)(F)C[C@H](N)C(=O)N([C@@H](c1ccc(-c2ccc(C3(C(N)=O)CCC3)cc2)cc1)C(F)F)C1(C#N)CC1. The number of carbonyl (C=O) groups excluding carboxylic acids is 2. The highest BCUT2D eigenvalue weighted by Gasteiger charge is 2.56. The van der Waals surface area contributed by atoms with Crippen molar-refractivity contribution in [3.8, 4) is 17.2 Å². The van der Waals surface area contributed by atoms with Crippen LogP contribution in [-0.4, -0.2) is 40.4 Å². The maximum atomic E-state index is 14.5. The predicted octanol–water partition coefficient (Wildman–Crippen LogP) is 4.92. The molecule has 0 unspecified atom stereocenters. The number of carbonyl (C=O) groups is 2. The molecule has 2 fully saturated rings. The lowest BCUT2D eigenvalue weighted by atomic mass is 9.64. The van der Waals surface area contributed by atoms with Gasteiger partial charge in [-0.1, -0.05) is 55.0 Å². The molecule has 6 nitrogen and oxygen atoms in total. The van der Waals surface area contributed by atoms with Gasteiger partial charge >= 0.3 is 0 Å². The molecule has 2 saturated carbocycles. The Bertz CT molecular complexity index is 1220. The molecule has 2 aliphatic rings. The first-order valence-electron chi connectivity index (χ1n) is 12.8. The van der Waals surface area contributed by atoms with Crippen LogP contribution in [0.15, 0.2) is 48.5 Å². The van der Waals surface area contributed by atoms with Crippen LogP contribution < -0.4 is 11.5 Å². The number of rotatable bonds is 10. The number of halogens is 3. The number of hydrogen-bond donors (Lipinski definition) is 2. The largest absolute Gasteiger partial charge is 0.369 e. The van der Waals surface area contributed by atoms with Gasteiger partial charge in [-0.3, -0.25) is 9.59 Å². The molecule has 9 heteroatoms. The number of nitriles is 1. The van der Waals surface area contributed by atoms with Crippen molar-refractivity contribution in [3.05, 3.63) is 59.7 Å². The highest BCUT2D eigenvalue weighted by atomic mass is 19.3. The lowest BCUT2D eigenvalue weighted by Gasteiger charge is -2.39. The maximum absolute atomic E-state index is 14.5. The van der Waals surface area contributed by atoms with Crippen molar-refractivity contribution in [2.75, 3.05) is 0 Å². The molecule has 0 radical (unpaired) electrons. The molecule has 2 amide bonds. The van der Waals surface area contributed by atoms with E-state index in [0.29, 0.717) is 0 Å². The third-order valence-electron chi connectivity index (χ3n) is 7.87. The summed E-state index contributed by atoms with van der Waals surface area (Å²) in [5.41, 5.74) is 10.4. The molecule has 0 aliphatic heterocycles. The molecule has 4 N–H and O–H groups in total. The molecule has 2 aromatic rings. The second-order valence-corrected chi connectivity index (χ2v) is 11.2. The van der Waals surface area contributed by atoms with Crippen LogP contribution in [0.2, 0.25) is 0 Å². The molecular formula is C29H33F3N4O2. The van der Waals surface area contributed by atoms with E-state index in [-0.39, 0.29) is 30.7 Å². The van der Waals surface area contributed by atoms with E-state index in [9.17, 15) is 28.0 Å². The topological polar surface area (TPSA) is 113 Å². The van der Waals surface area contributed by atoms with Crippen LogP contribution in [-0.2, 0) is 15.0 Å². The third-order valence-corrected chi connectivity index (χ3v) is 7.87. The highest BCUT2D eigenvalue weighted by Crippen LogP contribution is 2.48. The Labute approximate surface area is 220 Å². The number of nitrogens with zero attached hydrogens (tertiary/aromatic N) is 2. The van der Waals surface area contributed by atoms with Crippen molar-refractivity contribution in [2.45, 2.75) is 87.5 Å². The van der Waals surface area contributed by atoms with Gasteiger partial charge < -0.3 is 16.4 Å². The third kappa shape index (κ3) is 5.14. The van der Waals surface area contributed by atoms with Gasteiger partial charge in [-0.05, 0) is 61.8 Å². The summed E-state index contributed by atoms with van der Waals surface area (Å²) in [6.45, 7) is 2.52. The molecule has 4 rings (SSSR count). The van der Waals surface area contributed by atoms with Crippen LogP contribution in [0.3, 0.4) is 0 Å². The smallest absolute Gasteiger partial charge is 0.262 e. The zero-order valence-electron chi connectivity index (χ0n) is 21.6. The van der Waals surface area contributed by atoms with Gasteiger partial charge in [0.15, 0.2) is 0 Å². The average Bonchev–Trinajstić information content (AvgIpc) is 3.61. The summed E-state index contributed by atoms with van der Waals surface area (Å²) < 4.78 is 43.3. The minimum Gasteiger partial charge on any atom is -0.369 e. The van der Waals surface area contributed by atoms with Gasteiger partial charge in [-0.2, -0.15) is 5.26 Å². The van der Waals surface area contributed by atoms with Crippen molar-refractivity contribution in [1.29, 1.82) is 5.26 Å². The quantitative estimate of drug-likeness (QED) is 0.458. The monoisotopic (exact) mass is 526 g/mol. The predicted molar refractivity (Wildman–Crippen MR) is 138 cm³/mol. The molecular weight excluding hydrogens is 493 g/mol. The van der Waals surface area contributed by atoms with E-state index in [0.717, 1.165) is 40.9 Å². The first kappa shape index (κ1) is 27.6.